The molecular weight excluding hydrogens is 254 g/mol. The molecule has 1 aliphatic rings. The van der Waals surface area contributed by atoms with Crippen molar-refractivity contribution in [3.63, 3.8) is 0 Å². The van der Waals surface area contributed by atoms with Gasteiger partial charge in [0.1, 0.15) is 0 Å². The maximum absolute atomic E-state index is 12.3. The highest BCUT2D eigenvalue weighted by atomic mass is 16.4. The molecule has 2 atom stereocenters. The van der Waals surface area contributed by atoms with Gasteiger partial charge in [-0.1, -0.05) is 38.1 Å². The standard InChI is InChI=1S/C16H21NO3/c1-3-12-5-4-6-13(7-12)8-15(18)17-9-11(2)14(10-17)16(19)20/h4-7,11,14H,3,8-10H2,1-2H3,(H,19,20)/t11-,14-/m1/s1. The van der Waals surface area contributed by atoms with Gasteiger partial charge in [-0.05, 0) is 23.5 Å². The zero-order chi connectivity index (χ0) is 14.7. The maximum Gasteiger partial charge on any atom is 0.308 e. The van der Waals surface area contributed by atoms with Crippen LogP contribution in [0.5, 0.6) is 0 Å². The molecule has 0 bridgehead atoms. The molecule has 1 saturated heterocycles. The van der Waals surface area contributed by atoms with Crippen molar-refractivity contribution in [3.8, 4) is 0 Å². The lowest BCUT2D eigenvalue weighted by Crippen LogP contribution is -2.31. The number of carboxylic acids is 1. The fraction of sp³-hybridized carbons (Fsp3) is 0.500. The maximum atomic E-state index is 12.3. The van der Waals surface area contributed by atoms with Crippen LogP contribution in [-0.4, -0.2) is 35.0 Å². The Morgan fingerprint density at radius 3 is 2.60 bits per heavy atom. The largest absolute Gasteiger partial charge is 0.481 e. The van der Waals surface area contributed by atoms with Crippen LogP contribution in [0.3, 0.4) is 0 Å². The second kappa shape index (κ2) is 6.07. The van der Waals surface area contributed by atoms with E-state index in [4.69, 9.17) is 5.11 Å². The lowest BCUT2D eigenvalue weighted by atomic mass is 9.99. The van der Waals surface area contributed by atoms with E-state index in [1.165, 1.54) is 5.56 Å². The third-order valence-corrected chi connectivity index (χ3v) is 4.04. The lowest BCUT2D eigenvalue weighted by molar-refractivity contribution is -0.142. The molecule has 1 aliphatic heterocycles. The van der Waals surface area contributed by atoms with Crippen LogP contribution in [0.4, 0.5) is 0 Å². The van der Waals surface area contributed by atoms with Crippen molar-refractivity contribution in [2.45, 2.75) is 26.7 Å². The first-order chi connectivity index (χ1) is 9.51. The molecular formula is C16H21NO3. The number of amides is 1. The molecule has 0 aliphatic carbocycles. The van der Waals surface area contributed by atoms with E-state index in [0.717, 1.165) is 12.0 Å². The van der Waals surface area contributed by atoms with Crippen molar-refractivity contribution < 1.29 is 14.7 Å². The van der Waals surface area contributed by atoms with Crippen molar-refractivity contribution in [1.29, 1.82) is 0 Å². The molecule has 0 saturated carbocycles. The number of hydrogen-bond donors (Lipinski definition) is 1. The summed E-state index contributed by atoms with van der Waals surface area (Å²) in [5.74, 6) is -1.19. The second-order valence-electron chi connectivity index (χ2n) is 5.57. The quantitative estimate of drug-likeness (QED) is 0.914. The van der Waals surface area contributed by atoms with Gasteiger partial charge in [0.2, 0.25) is 5.91 Å². The fourth-order valence-corrected chi connectivity index (χ4v) is 2.74. The minimum absolute atomic E-state index is 0.0221. The first kappa shape index (κ1) is 14.6. The minimum atomic E-state index is -0.805. The van der Waals surface area contributed by atoms with E-state index in [2.05, 4.69) is 6.92 Å². The van der Waals surface area contributed by atoms with Crippen LogP contribution in [0.15, 0.2) is 24.3 Å². The van der Waals surface area contributed by atoms with Crippen molar-refractivity contribution >= 4 is 11.9 Å². The summed E-state index contributed by atoms with van der Waals surface area (Å²) in [4.78, 5) is 25.0. The molecule has 1 aromatic rings. The topological polar surface area (TPSA) is 57.6 Å². The van der Waals surface area contributed by atoms with Crippen LogP contribution < -0.4 is 0 Å². The lowest BCUT2D eigenvalue weighted by Gasteiger charge is -2.16. The molecule has 1 heterocycles. The second-order valence-corrected chi connectivity index (χ2v) is 5.57. The number of likely N-dealkylation sites (tertiary alicyclic amines) is 1. The number of hydrogen-bond acceptors (Lipinski definition) is 2. The fourth-order valence-electron chi connectivity index (χ4n) is 2.74. The van der Waals surface area contributed by atoms with Gasteiger partial charge in [0, 0.05) is 13.1 Å². The summed E-state index contributed by atoms with van der Waals surface area (Å²) in [6, 6.07) is 8.01. The number of carboxylic acid groups (broad SMARTS) is 1. The number of rotatable bonds is 4. The number of carbonyl (C=O) groups excluding carboxylic acids is 1. The molecule has 1 amide bonds. The third-order valence-electron chi connectivity index (χ3n) is 4.04. The van der Waals surface area contributed by atoms with Crippen LogP contribution in [0, 0.1) is 11.8 Å². The molecule has 1 aromatic carbocycles. The van der Waals surface area contributed by atoms with E-state index < -0.39 is 11.9 Å². The van der Waals surface area contributed by atoms with Gasteiger partial charge in [-0.25, -0.2) is 0 Å². The van der Waals surface area contributed by atoms with Gasteiger partial charge in [0.15, 0.2) is 0 Å². The van der Waals surface area contributed by atoms with E-state index in [0.29, 0.717) is 19.5 Å². The van der Waals surface area contributed by atoms with Crippen molar-refractivity contribution in [2.75, 3.05) is 13.1 Å². The smallest absolute Gasteiger partial charge is 0.308 e. The summed E-state index contributed by atoms with van der Waals surface area (Å²) in [7, 11) is 0. The van der Waals surface area contributed by atoms with E-state index in [1.807, 2.05) is 31.2 Å². The van der Waals surface area contributed by atoms with Gasteiger partial charge in [-0.2, -0.15) is 0 Å². The summed E-state index contributed by atoms with van der Waals surface area (Å²) < 4.78 is 0. The predicted molar refractivity (Wildman–Crippen MR) is 76.4 cm³/mol. The predicted octanol–water partition coefficient (Wildman–Crippen LogP) is 1.97. The summed E-state index contributed by atoms with van der Waals surface area (Å²) in [5, 5.41) is 9.10. The Balaban J connectivity index is 2.00. The van der Waals surface area contributed by atoms with Crippen LogP contribution in [-0.2, 0) is 22.4 Å². The van der Waals surface area contributed by atoms with Gasteiger partial charge in [-0.3, -0.25) is 9.59 Å². The Hall–Kier alpha value is -1.84. The Kier molecular flexibility index (Phi) is 4.42. The first-order valence-electron chi connectivity index (χ1n) is 7.09. The summed E-state index contributed by atoms with van der Waals surface area (Å²) in [5.41, 5.74) is 2.22. The summed E-state index contributed by atoms with van der Waals surface area (Å²) in [6.45, 7) is 4.86. The highest BCUT2D eigenvalue weighted by Crippen LogP contribution is 2.23. The molecule has 4 heteroatoms. The van der Waals surface area contributed by atoms with Gasteiger partial charge >= 0.3 is 5.97 Å². The number of benzene rings is 1. The molecule has 0 radical (unpaired) electrons. The monoisotopic (exact) mass is 275 g/mol. The molecule has 4 nitrogen and oxygen atoms in total. The zero-order valence-corrected chi connectivity index (χ0v) is 12.0. The zero-order valence-electron chi connectivity index (χ0n) is 12.0. The van der Waals surface area contributed by atoms with Crippen LogP contribution >= 0.6 is 0 Å². The SMILES string of the molecule is CCc1cccc(CC(=O)N2C[C@@H](C)[C@H](C(=O)O)C2)c1. The summed E-state index contributed by atoms with van der Waals surface area (Å²) >= 11 is 0. The van der Waals surface area contributed by atoms with Crippen molar-refractivity contribution in [3.05, 3.63) is 35.4 Å². The highest BCUT2D eigenvalue weighted by Gasteiger charge is 2.36. The molecule has 20 heavy (non-hydrogen) atoms. The summed E-state index contributed by atoms with van der Waals surface area (Å²) in [6.07, 6.45) is 1.30. The van der Waals surface area contributed by atoms with E-state index in [1.54, 1.807) is 4.90 Å². The van der Waals surface area contributed by atoms with E-state index in [-0.39, 0.29) is 11.8 Å². The average molecular weight is 275 g/mol. The average Bonchev–Trinajstić information content (AvgIpc) is 2.81. The third kappa shape index (κ3) is 3.18. The molecule has 2 rings (SSSR count). The number of carbonyl (C=O) groups is 2. The van der Waals surface area contributed by atoms with E-state index >= 15 is 0 Å². The van der Waals surface area contributed by atoms with Gasteiger partial charge < -0.3 is 10.0 Å². The van der Waals surface area contributed by atoms with Crippen LogP contribution in [0.2, 0.25) is 0 Å². The highest BCUT2D eigenvalue weighted by molar-refractivity contribution is 5.81. The van der Waals surface area contributed by atoms with Gasteiger partial charge in [-0.15, -0.1) is 0 Å². The van der Waals surface area contributed by atoms with Crippen molar-refractivity contribution in [1.82, 2.24) is 4.90 Å². The van der Waals surface area contributed by atoms with E-state index in [9.17, 15) is 9.59 Å². The Morgan fingerprint density at radius 2 is 2.00 bits per heavy atom. The molecule has 0 spiro atoms. The van der Waals surface area contributed by atoms with Crippen LogP contribution in [0.1, 0.15) is 25.0 Å². The molecule has 0 aromatic heterocycles. The van der Waals surface area contributed by atoms with Gasteiger partial charge in [0.05, 0.1) is 12.3 Å². The minimum Gasteiger partial charge on any atom is -0.481 e. The number of aliphatic carboxylic acids is 1. The first-order valence-corrected chi connectivity index (χ1v) is 7.09. The van der Waals surface area contributed by atoms with Crippen molar-refractivity contribution in [2.24, 2.45) is 11.8 Å². The Morgan fingerprint density at radius 1 is 1.30 bits per heavy atom. The van der Waals surface area contributed by atoms with Crippen LogP contribution in [0.25, 0.3) is 0 Å². The van der Waals surface area contributed by atoms with Gasteiger partial charge in [0.25, 0.3) is 0 Å². The molecule has 108 valence electrons. The Labute approximate surface area is 119 Å². The molecule has 1 N–H and O–H groups in total. The molecule has 0 unspecified atom stereocenters. The molecule has 1 fully saturated rings. The number of aryl methyl sites for hydroxylation is 1. The normalized spacial score (nSPS) is 22.0. The Bertz CT molecular complexity index is 512. The number of nitrogens with zero attached hydrogens (tertiary/aromatic N) is 1.